The Morgan fingerprint density at radius 2 is 2.15 bits per heavy atom. The Balaban J connectivity index is 1.70. The molecule has 1 aromatic carbocycles. The van der Waals surface area contributed by atoms with E-state index in [-0.39, 0.29) is 24.2 Å². The van der Waals surface area contributed by atoms with E-state index in [1.807, 2.05) is 0 Å². The molecule has 0 aliphatic carbocycles. The van der Waals surface area contributed by atoms with Crippen molar-refractivity contribution in [2.75, 3.05) is 32.5 Å². The summed E-state index contributed by atoms with van der Waals surface area (Å²) in [4.78, 5) is 4.07. The van der Waals surface area contributed by atoms with Crippen molar-refractivity contribution < 1.29 is 17.5 Å². The molecule has 0 aromatic heterocycles. The molecule has 7 nitrogen and oxygen atoms in total. The molecule has 1 heterocycles. The summed E-state index contributed by atoms with van der Waals surface area (Å²) in [6.07, 6.45) is 2.97. The zero-order valence-corrected chi connectivity index (χ0v) is 16.7. The third kappa shape index (κ3) is 7.82. The number of ether oxygens (including phenoxy) is 1. The van der Waals surface area contributed by atoms with Gasteiger partial charge in [-0.25, -0.2) is 17.5 Å². The molecule has 1 aliphatic rings. The number of nitrogens with zero attached hydrogens (tertiary/aromatic N) is 1. The molecule has 152 valence electrons. The van der Waals surface area contributed by atoms with Crippen LogP contribution in [0.25, 0.3) is 0 Å². The van der Waals surface area contributed by atoms with Crippen LogP contribution in [0.15, 0.2) is 23.2 Å². The van der Waals surface area contributed by atoms with Gasteiger partial charge in [0.2, 0.25) is 10.0 Å². The summed E-state index contributed by atoms with van der Waals surface area (Å²) in [6.45, 7) is 3.42. The molecule has 3 N–H and O–H groups in total. The lowest BCUT2D eigenvalue weighted by Crippen LogP contribution is -2.42. The van der Waals surface area contributed by atoms with Crippen LogP contribution in [-0.4, -0.2) is 53.0 Å². The molecule has 0 bridgehead atoms. The minimum Gasteiger partial charge on any atom is -0.377 e. The van der Waals surface area contributed by atoms with Crippen molar-refractivity contribution in [3.05, 3.63) is 35.1 Å². The molecule has 1 unspecified atom stereocenters. The van der Waals surface area contributed by atoms with Crippen molar-refractivity contribution in [1.82, 2.24) is 15.4 Å². The molecular weight excluding hydrogens is 371 g/mol. The predicted octanol–water partition coefficient (Wildman–Crippen LogP) is 1.29. The highest BCUT2D eigenvalue weighted by Gasteiger charge is 2.17. The average molecular weight is 401 g/mol. The van der Waals surface area contributed by atoms with Gasteiger partial charge in [-0.15, -0.1) is 0 Å². The average Bonchev–Trinajstić information content (AvgIpc) is 2.66. The van der Waals surface area contributed by atoms with Crippen molar-refractivity contribution in [1.29, 1.82) is 0 Å². The number of halogens is 1. The third-order valence-corrected chi connectivity index (χ3v) is 5.72. The molecule has 1 aromatic rings. The Bertz CT molecular complexity index is 734. The third-order valence-electron chi connectivity index (χ3n) is 4.37. The smallest absolute Gasteiger partial charge is 0.213 e. The first kappa shape index (κ1) is 21.6. The fourth-order valence-electron chi connectivity index (χ4n) is 2.79. The molecular formula is C18H29FN4O3S. The molecule has 1 atom stereocenters. The molecule has 0 amide bonds. The van der Waals surface area contributed by atoms with Gasteiger partial charge in [-0.2, -0.15) is 0 Å². The first-order valence-corrected chi connectivity index (χ1v) is 10.8. The molecule has 9 heteroatoms. The zero-order valence-electron chi connectivity index (χ0n) is 15.9. The Labute approximate surface area is 160 Å². The largest absolute Gasteiger partial charge is 0.377 e. The van der Waals surface area contributed by atoms with Gasteiger partial charge in [0.15, 0.2) is 5.96 Å². The lowest BCUT2D eigenvalue weighted by molar-refractivity contribution is 0.0200. The van der Waals surface area contributed by atoms with Crippen LogP contribution in [0.2, 0.25) is 0 Å². The molecule has 0 saturated carbocycles. The fraction of sp³-hybridized carbons (Fsp3) is 0.611. The van der Waals surface area contributed by atoms with Gasteiger partial charge in [-0.1, -0.05) is 12.1 Å². The Kier molecular flexibility index (Phi) is 8.46. The summed E-state index contributed by atoms with van der Waals surface area (Å²) in [5.74, 6) is 0.191. The molecule has 1 aliphatic heterocycles. The van der Waals surface area contributed by atoms with Gasteiger partial charge < -0.3 is 15.4 Å². The highest BCUT2D eigenvalue weighted by molar-refractivity contribution is 7.89. The van der Waals surface area contributed by atoms with E-state index < -0.39 is 10.0 Å². The summed E-state index contributed by atoms with van der Waals surface area (Å²) in [6, 6.07) is 4.89. The monoisotopic (exact) mass is 400 g/mol. The number of nitrogens with one attached hydrogen (secondary N) is 3. The lowest BCUT2D eigenvalue weighted by Gasteiger charge is -2.22. The lowest BCUT2D eigenvalue weighted by atomic mass is 10.1. The van der Waals surface area contributed by atoms with Crippen molar-refractivity contribution in [3.63, 3.8) is 0 Å². The SMILES string of the molecule is CN=C(NCCS(=O)(=O)NCC1CCCCO1)NCc1ccc(F)c(C)c1. The van der Waals surface area contributed by atoms with E-state index in [2.05, 4.69) is 20.3 Å². The minimum atomic E-state index is -3.38. The van der Waals surface area contributed by atoms with Crippen LogP contribution in [0.3, 0.4) is 0 Å². The van der Waals surface area contributed by atoms with Crippen molar-refractivity contribution in [2.24, 2.45) is 4.99 Å². The quantitative estimate of drug-likeness (QED) is 0.452. The second kappa shape index (κ2) is 10.6. The highest BCUT2D eigenvalue weighted by Crippen LogP contribution is 2.12. The van der Waals surface area contributed by atoms with Gasteiger partial charge in [0.25, 0.3) is 0 Å². The standard InChI is InChI=1S/C18H29FN4O3S/c1-14-11-15(6-7-17(14)19)12-22-18(20-2)21-8-10-27(24,25)23-13-16-5-3-4-9-26-16/h6-7,11,16,23H,3-5,8-10,12-13H2,1-2H3,(H2,20,21,22). The van der Waals surface area contributed by atoms with Gasteiger partial charge in [0.05, 0.1) is 11.9 Å². The maximum absolute atomic E-state index is 13.3. The van der Waals surface area contributed by atoms with E-state index in [4.69, 9.17) is 4.74 Å². The van der Waals surface area contributed by atoms with Gasteiger partial charge in [0.1, 0.15) is 5.82 Å². The molecule has 27 heavy (non-hydrogen) atoms. The second-order valence-corrected chi connectivity index (χ2v) is 8.52. The number of benzene rings is 1. The summed E-state index contributed by atoms with van der Waals surface area (Å²) < 4.78 is 45.6. The van der Waals surface area contributed by atoms with E-state index in [9.17, 15) is 12.8 Å². The summed E-state index contributed by atoms with van der Waals surface area (Å²) in [5, 5.41) is 6.06. The topological polar surface area (TPSA) is 91.8 Å². The van der Waals surface area contributed by atoms with Crippen LogP contribution in [0, 0.1) is 12.7 Å². The van der Waals surface area contributed by atoms with E-state index >= 15 is 0 Å². The molecule has 2 rings (SSSR count). The summed E-state index contributed by atoms with van der Waals surface area (Å²) >= 11 is 0. The first-order valence-electron chi connectivity index (χ1n) is 9.18. The van der Waals surface area contributed by atoms with Gasteiger partial charge >= 0.3 is 0 Å². The van der Waals surface area contributed by atoms with Crippen LogP contribution >= 0.6 is 0 Å². The summed E-state index contributed by atoms with van der Waals surface area (Å²) in [5.41, 5.74) is 1.50. The molecule has 1 fully saturated rings. The fourth-order valence-corrected chi connectivity index (χ4v) is 3.74. The van der Waals surface area contributed by atoms with Crippen molar-refractivity contribution >= 4 is 16.0 Å². The first-order chi connectivity index (χ1) is 12.9. The van der Waals surface area contributed by atoms with E-state index in [0.29, 0.717) is 31.2 Å². The van der Waals surface area contributed by atoms with Crippen LogP contribution in [0.4, 0.5) is 4.39 Å². The Morgan fingerprint density at radius 1 is 1.33 bits per heavy atom. The number of guanidine groups is 1. The number of hydrogen-bond donors (Lipinski definition) is 3. The minimum absolute atomic E-state index is 0.0323. The zero-order chi connectivity index (χ0) is 19.7. The van der Waals surface area contributed by atoms with Gasteiger partial charge in [-0.05, 0) is 43.4 Å². The number of sulfonamides is 1. The highest BCUT2D eigenvalue weighted by atomic mass is 32.2. The number of hydrogen-bond acceptors (Lipinski definition) is 4. The second-order valence-electron chi connectivity index (χ2n) is 6.59. The Morgan fingerprint density at radius 3 is 2.81 bits per heavy atom. The summed E-state index contributed by atoms with van der Waals surface area (Å²) in [7, 11) is -1.77. The molecule has 0 radical (unpaired) electrons. The van der Waals surface area contributed by atoms with Crippen LogP contribution in [0.5, 0.6) is 0 Å². The van der Waals surface area contributed by atoms with Crippen molar-refractivity contribution in [2.45, 2.75) is 38.8 Å². The number of aryl methyl sites for hydroxylation is 1. The number of rotatable bonds is 8. The van der Waals surface area contributed by atoms with Crippen LogP contribution in [-0.2, 0) is 21.3 Å². The Hall–Kier alpha value is -1.71. The molecule has 1 saturated heterocycles. The van der Waals surface area contributed by atoms with Crippen LogP contribution in [0.1, 0.15) is 30.4 Å². The van der Waals surface area contributed by atoms with E-state index in [1.165, 1.54) is 6.07 Å². The van der Waals surface area contributed by atoms with Gasteiger partial charge in [0, 0.05) is 33.3 Å². The van der Waals surface area contributed by atoms with Crippen molar-refractivity contribution in [3.8, 4) is 0 Å². The van der Waals surface area contributed by atoms with Crippen LogP contribution < -0.4 is 15.4 Å². The maximum atomic E-state index is 13.3. The normalized spacial score (nSPS) is 18.3. The van der Waals surface area contributed by atoms with Gasteiger partial charge in [-0.3, -0.25) is 4.99 Å². The maximum Gasteiger partial charge on any atom is 0.213 e. The van der Waals surface area contributed by atoms with E-state index in [0.717, 1.165) is 24.8 Å². The van der Waals surface area contributed by atoms with E-state index in [1.54, 1.807) is 26.1 Å². The predicted molar refractivity (Wildman–Crippen MR) is 105 cm³/mol. The number of aliphatic imine (C=N–C) groups is 1. The molecule has 0 spiro atoms.